The van der Waals surface area contributed by atoms with Gasteiger partial charge in [-0.05, 0) is 28.6 Å². The van der Waals surface area contributed by atoms with Crippen LogP contribution in [0, 0.1) is 10.1 Å². The van der Waals surface area contributed by atoms with Gasteiger partial charge in [0.2, 0.25) is 0 Å². The Labute approximate surface area is 133 Å². The Morgan fingerprint density at radius 1 is 1.39 bits per heavy atom. The molecule has 0 bridgehead atoms. The van der Waals surface area contributed by atoms with Crippen LogP contribution in [0.1, 0.15) is 5.76 Å². The van der Waals surface area contributed by atoms with Crippen molar-refractivity contribution in [2.75, 3.05) is 5.73 Å². The summed E-state index contributed by atoms with van der Waals surface area (Å²) >= 11 is 6.05. The fourth-order valence-corrected chi connectivity index (χ4v) is 2.04. The Hall–Kier alpha value is -3.27. The van der Waals surface area contributed by atoms with Gasteiger partial charge in [-0.3, -0.25) is 10.1 Å². The van der Waals surface area contributed by atoms with E-state index in [9.17, 15) is 10.1 Å². The van der Waals surface area contributed by atoms with E-state index in [2.05, 4.69) is 20.6 Å². The molecule has 2 aromatic heterocycles. The zero-order valence-electron chi connectivity index (χ0n) is 11.3. The molecule has 116 valence electrons. The maximum absolute atomic E-state index is 10.7. The lowest BCUT2D eigenvalue weighted by atomic mass is 10.1. The molecule has 0 fully saturated rings. The fourth-order valence-electron chi connectivity index (χ4n) is 1.77. The smallest absolute Gasteiger partial charge is 0.270 e. The second-order valence-electron chi connectivity index (χ2n) is 4.29. The number of nitrogens with two attached hydrogens (primary N) is 1. The van der Waals surface area contributed by atoms with Gasteiger partial charge in [-0.1, -0.05) is 21.5 Å². The van der Waals surface area contributed by atoms with Gasteiger partial charge in [-0.2, -0.15) is 5.10 Å². The molecule has 3 rings (SSSR count). The lowest BCUT2D eigenvalue weighted by molar-refractivity contribution is -0.384. The third-order valence-corrected chi connectivity index (χ3v) is 3.14. The molecular weight excluding hydrogens is 326 g/mol. The average molecular weight is 334 g/mol. The molecule has 0 aliphatic carbocycles. The second kappa shape index (κ2) is 5.85. The summed E-state index contributed by atoms with van der Waals surface area (Å²) in [5.74, 6) is 0.881. The van der Waals surface area contributed by atoms with Crippen molar-refractivity contribution in [3.63, 3.8) is 0 Å². The summed E-state index contributed by atoms with van der Waals surface area (Å²) in [6.45, 7) is 0. The van der Waals surface area contributed by atoms with E-state index >= 15 is 0 Å². The first-order valence-corrected chi connectivity index (χ1v) is 6.55. The van der Waals surface area contributed by atoms with Crippen LogP contribution < -0.4 is 5.73 Å². The van der Waals surface area contributed by atoms with Crippen molar-refractivity contribution in [2.24, 2.45) is 5.10 Å². The summed E-state index contributed by atoms with van der Waals surface area (Å²) in [7, 11) is 0. The minimum Gasteiger partial charge on any atom is -0.455 e. The Morgan fingerprint density at radius 2 is 2.22 bits per heavy atom. The molecule has 2 N–H and O–H groups in total. The van der Waals surface area contributed by atoms with Crippen LogP contribution in [-0.4, -0.2) is 31.5 Å². The van der Waals surface area contributed by atoms with E-state index in [-0.39, 0.29) is 16.7 Å². The summed E-state index contributed by atoms with van der Waals surface area (Å²) in [5.41, 5.74) is 5.90. The maximum atomic E-state index is 10.7. The molecule has 0 aliphatic heterocycles. The number of tetrazole rings is 1. The first-order valence-electron chi connectivity index (χ1n) is 6.17. The molecule has 0 unspecified atom stereocenters. The third-order valence-electron chi connectivity index (χ3n) is 2.83. The van der Waals surface area contributed by atoms with Gasteiger partial charge in [0.15, 0.2) is 0 Å². The van der Waals surface area contributed by atoms with Gasteiger partial charge >= 0.3 is 0 Å². The molecule has 0 aliphatic rings. The normalized spacial score (nSPS) is 11.2. The van der Waals surface area contributed by atoms with E-state index in [1.165, 1.54) is 24.4 Å². The van der Waals surface area contributed by atoms with E-state index in [1.54, 1.807) is 12.1 Å². The molecule has 1 aromatic carbocycles. The number of rotatable bonds is 4. The van der Waals surface area contributed by atoms with Gasteiger partial charge in [0.05, 0.1) is 16.2 Å². The summed E-state index contributed by atoms with van der Waals surface area (Å²) in [5, 5.41) is 25.2. The van der Waals surface area contributed by atoms with Crippen LogP contribution in [0.3, 0.4) is 0 Å². The van der Waals surface area contributed by atoms with Gasteiger partial charge < -0.3 is 10.2 Å². The Kier molecular flexibility index (Phi) is 3.73. The van der Waals surface area contributed by atoms with E-state index < -0.39 is 4.92 Å². The summed E-state index contributed by atoms with van der Waals surface area (Å²) in [6.07, 6.45) is 1.37. The topological polar surface area (TPSA) is 138 Å². The number of furan rings is 1. The van der Waals surface area contributed by atoms with Crippen molar-refractivity contribution in [1.29, 1.82) is 0 Å². The maximum Gasteiger partial charge on any atom is 0.270 e. The SMILES string of the molecule is Nc1nnnn1/N=C/c1ccc(-c2ccc([N+](=O)[O-])cc2Cl)o1. The van der Waals surface area contributed by atoms with Crippen LogP contribution >= 0.6 is 11.6 Å². The molecule has 11 heteroatoms. The Balaban J connectivity index is 1.86. The average Bonchev–Trinajstić information content (AvgIpc) is 3.14. The summed E-state index contributed by atoms with van der Waals surface area (Å²) in [6, 6.07) is 7.43. The monoisotopic (exact) mass is 333 g/mol. The van der Waals surface area contributed by atoms with Crippen LogP contribution in [0.4, 0.5) is 11.6 Å². The number of halogens is 1. The summed E-state index contributed by atoms with van der Waals surface area (Å²) < 4.78 is 5.56. The zero-order chi connectivity index (χ0) is 16.4. The van der Waals surface area contributed by atoms with Crippen LogP contribution in [-0.2, 0) is 0 Å². The van der Waals surface area contributed by atoms with Crippen molar-refractivity contribution in [2.45, 2.75) is 0 Å². The lowest BCUT2D eigenvalue weighted by Gasteiger charge is -2.00. The molecule has 0 radical (unpaired) electrons. The minimum atomic E-state index is -0.521. The molecule has 0 amide bonds. The first kappa shape index (κ1) is 14.7. The number of hydrogen-bond donors (Lipinski definition) is 1. The van der Waals surface area contributed by atoms with E-state index in [0.717, 1.165) is 4.79 Å². The zero-order valence-corrected chi connectivity index (χ0v) is 12.1. The van der Waals surface area contributed by atoms with Crippen LogP contribution in [0.15, 0.2) is 39.9 Å². The molecule has 10 nitrogen and oxygen atoms in total. The number of hydrogen-bond acceptors (Lipinski definition) is 8. The minimum absolute atomic E-state index is 0.0337. The number of nitrogen functional groups attached to an aromatic ring is 1. The Morgan fingerprint density at radius 3 is 2.87 bits per heavy atom. The fraction of sp³-hybridized carbons (Fsp3) is 0. The molecule has 3 aromatic rings. The van der Waals surface area contributed by atoms with Crippen LogP contribution in [0.25, 0.3) is 11.3 Å². The van der Waals surface area contributed by atoms with Crippen molar-refractivity contribution >= 4 is 29.5 Å². The predicted octanol–water partition coefficient (Wildman–Crippen LogP) is 1.96. The lowest BCUT2D eigenvalue weighted by Crippen LogP contribution is -1.99. The highest BCUT2D eigenvalue weighted by atomic mass is 35.5. The van der Waals surface area contributed by atoms with Crippen molar-refractivity contribution in [3.05, 3.63) is 51.2 Å². The number of non-ortho nitro benzene ring substituents is 1. The second-order valence-corrected chi connectivity index (χ2v) is 4.70. The largest absolute Gasteiger partial charge is 0.455 e. The molecule has 0 spiro atoms. The van der Waals surface area contributed by atoms with Crippen molar-refractivity contribution < 1.29 is 9.34 Å². The number of anilines is 1. The van der Waals surface area contributed by atoms with E-state index in [4.69, 9.17) is 21.8 Å². The predicted molar refractivity (Wildman–Crippen MR) is 81.0 cm³/mol. The van der Waals surface area contributed by atoms with Crippen LogP contribution in [0.5, 0.6) is 0 Å². The molecular formula is C12H8ClN7O3. The molecule has 0 atom stereocenters. The standard InChI is InChI=1S/C12H8ClN7O3/c13-10-5-7(20(21)22)1-3-9(10)11-4-2-8(23-11)6-15-19-12(14)16-17-18-19/h1-6H,(H2,14,16,18)/b15-6+. The number of aromatic nitrogens is 4. The van der Waals surface area contributed by atoms with Gasteiger partial charge in [0.25, 0.3) is 11.6 Å². The highest BCUT2D eigenvalue weighted by molar-refractivity contribution is 6.33. The van der Waals surface area contributed by atoms with Crippen molar-refractivity contribution in [1.82, 2.24) is 20.3 Å². The van der Waals surface area contributed by atoms with Gasteiger partial charge in [0, 0.05) is 17.7 Å². The molecule has 23 heavy (non-hydrogen) atoms. The van der Waals surface area contributed by atoms with E-state index in [1.807, 2.05) is 0 Å². The number of benzene rings is 1. The van der Waals surface area contributed by atoms with Gasteiger partial charge in [0.1, 0.15) is 11.5 Å². The van der Waals surface area contributed by atoms with E-state index in [0.29, 0.717) is 17.1 Å². The highest BCUT2D eigenvalue weighted by Crippen LogP contribution is 2.31. The quantitative estimate of drug-likeness (QED) is 0.437. The molecule has 2 heterocycles. The molecule has 0 saturated heterocycles. The first-order chi connectivity index (χ1) is 11.0. The molecule has 0 saturated carbocycles. The third kappa shape index (κ3) is 3.01. The van der Waals surface area contributed by atoms with Crippen LogP contribution in [0.2, 0.25) is 5.02 Å². The summed E-state index contributed by atoms with van der Waals surface area (Å²) in [4.78, 5) is 11.2. The highest BCUT2D eigenvalue weighted by Gasteiger charge is 2.13. The van der Waals surface area contributed by atoms with Gasteiger partial charge in [-0.25, -0.2) is 0 Å². The van der Waals surface area contributed by atoms with Crippen molar-refractivity contribution in [3.8, 4) is 11.3 Å². The Bertz CT molecular complexity index is 902. The number of nitro benzene ring substituents is 1. The number of nitrogens with zero attached hydrogens (tertiary/aromatic N) is 6. The van der Waals surface area contributed by atoms with Gasteiger partial charge in [-0.15, -0.1) is 0 Å². The number of nitro groups is 1.